The van der Waals surface area contributed by atoms with Gasteiger partial charge < -0.3 is 9.47 Å². The van der Waals surface area contributed by atoms with Crippen LogP contribution in [-0.4, -0.2) is 18.8 Å². The molecule has 2 rings (SSSR count). The van der Waals surface area contributed by atoms with Gasteiger partial charge in [-0.25, -0.2) is 0 Å². The van der Waals surface area contributed by atoms with E-state index in [0.717, 1.165) is 11.1 Å². The Morgan fingerprint density at radius 2 is 1.70 bits per heavy atom. The summed E-state index contributed by atoms with van der Waals surface area (Å²) < 4.78 is 11.1. The number of para-hydroxylation sites is 1. The van der Waals surface area contributed by atoms with Crippen molar-refractivity contribution in [2.75, 3.05) is 6.61 Å². The van der Waals surface area contributed by atoms with Gasteiger partial charge in [-0.3, -0.25) is 10.5 Å². The minimum atomic E-state index is -0.604. The van der Waals surface area contributed by atoms with Crippen molar-refractivity contribution in [1.82, 2.24) is 0 Å². The maximum atomic E-state index is 12.7. The number of esters is 1. The van der Waals surface area contributed by atoms with E-state index in [1.54, 1.807) is 0 Å². The summed E-state index contributed by atoms with van der Waals surface area (Å²) in [4.78, 5) is 12.7. The van der Waals surface area contributed by atoms with Gasteiger partial charge in [0.25, 0.3) is 0 Å². The lowest BCUT2D eigenvalue weighted by Crippen LogP contribution is -2.29. The van der Waals surface area contributed by atoms with Crippen LogP contribution in [0.15, 0.2) is 54.6 Å². The Hall–Kier alpha value is -2.33. The van der Waals surface area contributed by atoms with Crippen molar-refractivity contribution in [2.24, 2.45) is 5.73 Å². The highest BCUT2D eigenvalue weighted by atomic mass is 16.6. The average Bonchev–Trinajstić information content (AvgIpc) is 2.57. The number of carbonyl (C=O) groups is 1. The molecule has 0 aliphatic carbocycles. The van der Waals surface area contributed by atoms with E-state index in [9.17, 15) is 4.79 Å². The summed E-state index contributed by atoms with van der Waals surface area (Å²) in [5.74, 6) is -0.236. The Balaban J connectivity index is 2.44. The van der Waals surface area contributed by atoms with Crippen LogP contribution in [0, 0.1) is 0 Å². The van der Waals surface area contributed by atoms with Gasteiger partial charge in [-0.05, 0) is 25.0 Å². The molecule has 0 radical (unpaired) electrons. The lowest BCUT2D eigenvalue weighted by atomic mass is 9.90. The molecule has 0 bridgehead atoms. The van der Waals surface area contributed by atoms with Crippen LogP contribution in [0.2, 0.25) is 0 Å². The molecule has 2 aromatic rings. The molecule has 2 aromatic carbocycles. The fourth-order valence-electron chi connectivity index (χ4n) is 2.39. The number of hydrogen-bond donors (Lipinski definition) is 1. The fourth-order valence-corrected chi connectivity index (χ4v) is 2.39. The lowest BCUT2D eigenvalue weighted by molar-refractivity contribution is -0.149. The highest BCUT2D eigenvalue weighted by Crippen LogP contribution is 2.33. The second-order valence-corrected chi connectivity index (χ2v) is 5.20. The fraction of sp³-hybridized carbons (Fsp3) is 0.316. The van der Waals surface area contributed by atoms with Crippen LogP contribution in [0.3, 0.4) is 0 Å². The van der Waals surface area contributed by atoms with Crippen molar-refractivity contribution in [3.63, 3.8) is 0 Å². The van der Waals surface area contributed by atoms with Crippen LogP contribution in [0.4, 0.5) is 0 Å². The van der Waals surface area contributed by atoms with Crippen molar-refractivity contribution < 1.29 is 14.3 Å². The van der Waals surface area contributed by atoms with Crippen LogP contribution in [0.1, 0.15) is 37.3 Å². The summed E-state index contributed by atoms with van der Waals surface area (Å²) >= 11 is 0. The maximum Gasteiger partial charge on any atom is 0.319 e. The summed E-state index contributed by atoms with van der Waals surface area (Å²) in [7, 11) is 0. The molecule has 2 atom stereocenters. The van der Waals surface area contributed by atoms with Gasteiger partial charge >= 0.3 is 5.97 Å². The third-order valence-electron chi connectivity index (χ3n) is 3.57. The molecule has 4 heteroatoms. The Morgan fingerprint density at radius 3 is 2.35 bits per heavy atom. The predicted octanol–water partition coefficient (Wildman–Crippen LogP) is 3.46. The number of carbonyl (C=O) groups excluding carboxylic acids is 1. The molecule has 0 saturated carbocycles. The normalized spacial score (nSPS) is 13.2. The number of ether oxygens (including phenoxy) is 2. The molecule has 2 N–H and O–H groups in total. The minimum Gasteiger partial charge on any atom is -0.494 e. The van der Waals surface area contributed by atoms with Gasteiger partial charge in [0.15, 0.2) is 6.23 Å². The van der Waals surface area contributed by atoms with E-state index >= 15 is 0 Å². The van der Waals surface area contributed by atoms with E-state index in [2.05, 4.69) is 0 Å². The van der Waals surface area contributed by atoms with Gasteiger partial charge in [0.1, 0.15) is 11.7 Å². The number of hydrogen-bond acceptors (Lipinski definition) is 4. The molecule has 23 heavy (non-hydrogen) atoms. The second kappa shape index (κ2) is 8.34. The molecule has 122 valence electrons. The van der Waals surface area contributed by atoms with Crippen molar-refractivity contribution in [3.8, 4) is 5.75 Å². The number of rotatable bonds is 7. The summed E-state index contributed by atoms with van der Waals surface area (Å²) in [6.45, 7) is 4.32. The molecular formula is C19H23NO3. The molecule has 0 aliphatic rings. The lowest BCUT2D eigenvalue weighted by Gasteiger charge is -2.21. The van der Waals surface area contributed by atoms with E-state index in [1.807, 2.05) is 68.4 Å². The predicted molar refractivity (Wildman–Crippen MR) is 90.3 cm³/mol. The monoisotopic (exact) mass is 313 g/mol. The van der Waals surface area contributed by atoms with Crippen LogP contribution in [0.25, 0.3) is 0 Å². The first-order chi connectivity index (χ1) is 11.2. The second-order valence-electron chi connectivity index (χ2n) is 5.20. The van der Waals surface area contributed by atoms with Gasteiger partial charge in [-0.15, -0.1) is 0 Å². The topological polar surface area (TPSA) is 61.5 Å². The molecule has 0 amide bonds. The zero-order valence-electron chi connectivity index (χ0n) is 13.6. The van der Waals surface area contributed by atoms with Crippen LogP contribution in [-0.2, 0) is 9.53 Å². The molecule has 0 aromatic heterocycles. The Bertz CT molecular complexity index is 628. The summed E-state index contributed by atoms with van der Waals surface area (Å²) in [5.41, 5.74) is 7.43. The molecule has 2 unspecified atom stereocenters. The summed E-state index contributed by atoms with van der Waals surface area (Å²) in [6.07, 6.45) is -0.0339. The van der Waals surface area contributed by atoms with E-state index in [1.165, 1.54) is 0 Å². The standard InChI is InChI=1S/C19H23NO3/c1-3-17(20)23-19(21)18(14-10-6-5-7-11-14)15-12-8-9-13-16(15)22-4-2/h5-13,17-18H,3-4,20H2,1-2H3. The van der Waals surface area contributed by atoms with Crippen molar-refractivity contribution in [3.05, 3.63) is 65.7 Å². The van der Waals surface area contributed by atoms with Crippen LogP contribution in [0.5, 0.6) is 5.75 Å². The van der Waals surface area contributed by atoms with Crippen molar-refractivity contribution in [2.45, 2.75) is 32.4 Å². The molecular weight excluding hydrogens is 290 g/mol. The Morgan fingerprint density at radius 1 is 1.04 bits per heavy atom. The first-order valence-corrected chi connectivity index (χ1v) is 7.90. The van der Waals surface area contributed by atoms with Crippen molar-refractivity contribution >= 4 is 5.97 Å². The van der Waals surface area contributed by atoms with Gasteiger partial charge in [0.2, 0.25) is 0 Å². The average molecular weight is 313 g/mol. The molecule has 0 fully saturated rings. The minimum absolute atomic E-state index is 0.363. The molecule has 0 spiro atoms. The largest absolute Gasteiger partial charge is 0.494 e. The zero-order valence-corrected chi connectivity index (χ0v) is 13.6. The summed E-state index contributed by atoms with van der Waals surface area (Å²) in [5, 5.41) is 0. The third-order valence-corrected chi connectivity index (χ3v) is 3.57. The summed E-state index contributed by atoms with van der Waals surface area (Å²) in [6, 6.07) is 17.1. The number of benzene rings is 2. The first-order valence-electron chi connectivity index (χ1n) is 7.90. The highest BCUT2D eigenvalue weighted by Gasteiger charge is 2.28. The zero-order chi connectivity index (χ0) is 16.7. The van der Waals surface area contributed by atoms with Gasteiger partial charge in [-0.2, -0.15) is 0 Å². The smallest absolute Gasteiger partial charge is 0.319 e. The highest BCUT2D eigenvalue weighted by molar-refractivity contribution is 5.83. The maximum absolute atomic E-state index is 12.7. The molecule has 0 saturated heterocycles. The van der Waals surface area contributed by atoms with Crippen LogP contribution < -0.4 is 10.5 Å². The van der Waals surface area contributed by atoms with E-state index in [-0.39, 0.29) is 5.97 Å². The third kappa shape index (κ3) is 4.33. The van der Waals surface area contributed by atoms with Gasteiger partial charge in [0.05, 0.1) is 6.61 Å². The molecule has 4 nitrogen and oxygen atoms in total. The quantitative estimate of drug-likeness (QED) is 0.628. The van der Waals surface area contributed by atoms with Crippen LogP contribution >= 0.6 is 0 Å². The van der Waals surface area contributed by atoms with Gasteiger partial charge in [-0.1, -0.05) is 55.5 Å². The van der Waals surface area contributed by atoms with Gasteiger partial charge in [0, 0.05) is 5.56 Å². The molecule has 0 heterocycles. The SMILES string of the molecule is CCOc1ccccc1C(C(=O)OC(N)CC)c1ccccc1. The van der Waals surface area contributed by atoms with Crippen molar-refractivity contribution in [1.29, 1.82) is 0 Å². The van der Waals surface area contributed by atoms with E-state index in [4.69, 9.17) is 15.2 Å². The Kier molecular flexibility index (Phi) is 6.18. The Labute approximate surface area is 137 Å². The van der Waals surface area contributed by atoms with E-state index in [0.29, 0.717) is 18.8 Å². The van der Waals surface area contributed by atoms with E-state index < -0.39 is 12.1 Å². The first kappa shape index (κ1) is 17.0. The molecule has 0 aliphatic heterocycles. The number of nitrogens with two attached hydrogens (primary N) is 1.